The number of likely N-dealkylation sites (tertiary alicyclic amines) is 1. The topological polar surface area (TPSA) is 69.6 Å². The summed E-state index contributed by atoms with van der Waals surface area (Å²) in [6.45, 7) is 5.93. The summed E-state index contributed by atoms with van der Waals surface area (Å²) in [6.07, 6.45) is 0.544. The van der Waals surface area contributed by atoms with Crippen molar-refractivity contribution < 1.29 is 14.7 Å². The van der Waals surface area contributed by atoms with Crippen LogP contribution in [0.5, 0.6) is 0 Å². The summed E-state index contributed by atoms with van der Waals surface area (Å²) in [5, 5.41) is 11.9. The first-order valence-corrected chi connectivity index (χ1v) is 5.54. The van der Waals surface area contributed by atoms with E-state index in [1.807, 2.05) is 0 Å². The highest BCUT2D eigenvalue weighted by Gasteiger charge is 2.42. The lowest BCUT2D eigenvalue weighted by atomic mass is 10.0. The summed E-state index contributed by atoms with van der Waals surface area (Å²) in [7, 11) is 1.73. The first kappa shape index (κ1) is 13.0. The van der Waals surface area contributed by atoms with Gasteiger partial charge in [0.05, 0.1) is 11.5 Å². The van der Waals surface area contributed by atoms with Crippen molar-refractivity contribution in [3.63, 3.8) is 0 Å². The maximum absolute atomic E-state index is 12.1. The molecule has 1 aliphatic rings. The molecule has 0 aromatic carbocycles. The first-order valence-electron chi connectivity index (χ1n) is 5.54. The summed E-state index contributed by atoms with van der Waals surface area (Å²) in [6, 6.07) is -0.224. The fraction of sp³-hybridized carbons (Fsp3) is 0.818. The third-order valence-electron chi connectivity index (χ3n) is 3.49. The van der Waals surface area contributed by atoms with Crippen LogP contribution in [-0.2, 0) is 9.59 Å². The van der Waals surface area contributed by atoms with E-state index in [0.717, 1.165) is 0 Å². The molecule has 0 aliphatic carbocycles. The van der Waals surface area contributed by atoms with Gasteiger partial charge in [-0.1, -0.05) is 0 Å². The van der Waals surface area contributed by atoms with Crippen LogP contribution in [0.2, 0.25) is 0 Å². The van der Waals surface area contributed by atoms with Gasteiger partial charge in [-0.05, 0) is 34.2 Å². The lowest BCUT2D eigenvalue weighted by Gasteiger charge is -2.32. The highest BCUT2D eigenvalue weighted by atomic mass is 16.4. The third kappa shape index (κ3) is 2.19. The predicted molar refractivity (Wildman–Crippen MR) is 60.1 cm³/mol. The quantitative estimate of drug-likeness (QED) is 0.729. The van der Waals surface area contributed by atoms with Crippen molar-refractivity contribution in [1.82, 2.24) is 10.2 Å². The second-order valence-corrected chi connectivity index (χ2v) is 4.85. The number of amides is 1. The van der Waals surface area contributed by atoms with Gasteiger partial charge in [0.15, 0.2) is 0 Å². The van der Waals surface area contributed by atoms with Crippen molar-refractivity contribution in [1.29, 1.82) is 0 Å². The Bertz CT molecular complexity index is 302. The molecule has 1 amide bonds. The van der Waals surface area contributed by atoms with Gasteiger partial charge < -0.3 is 15.3 Å². The molecule has 0 aromatic rings. The maximum Gasteiger partial charge on any atom is 0.308 e. The first-order chi connectivity index (χ1) is 7.31. The van der Waals surface area contributed by atoms with E-state index in [1.165, 1.54) is 0 Å². The standard InChI is InChI=1S/C11H20N2O3/c1-7-8(9(14)15)5-6-13(7)10(16)11(2,3)12-4/h7-8,12H,5-6H2,1-4H3,(H,14,15). The smallest absolute Gasteiger partial charge is 0.308 e. The molecule has 2 unspecified atom stereocenters. The molecule has 5 heteroatoms. The van der Waals surface area contributed by atoms with Crippen LogP contribution in [0.4, 0.5) is 0 Å². The second-order valence-electron chi connectivity index (χ2n) is 4.85. The Balaban J connectivity index is 2.78. The molecule has 2 atom stereocenters. The average molecular weight is 228 g/mol. The van der Waals surface area contributed by atoms with Crippen LogP contribution in [0.3, 0.4) is 0 Å². The lowest BCUT2D eigenvalue weighted by Crippen LogP contribution is -2.54. The molecule has 1 fully saturated rings. The second kappa shape index (κ2) is 4.41. The molecule has 1 aliphatic heterocycles. The zero-order chi connectivity index (χ0) is 12.5. The Morgan fingerprint density at radius 3 is 2.38 bits per heavy atom. The van der Waals surface area contributed by atoms with Crippen molar-refractivity contribution in [2.45, 2.75) is 38.8 Å². The third-order valence-corrected chi connectivity index (χ3v) is 3.49. The summed E-state index contributed by atoms with van der Waals surface area (Å²) in [5.74, 6) is -1.28. The minimum atomic E-state index is -0.815. The van der Waals surface area contributed by atoms with Gasteiger partial charge in [0, 0.05) is 12.6 Å². The van der Waals surface area contributed by atoms with E-state index in [1.54, 1.807) is 32.7 Å². The van der Waals surface area contributed by atoms with Crippen LogP contribution in [0, 0.1) is 5.92 Å². The van der Waals surface area contributed by atoms with Crippen LogP contribution in [-0.4, -0.2) is 47.1 Å². The SMILES string of the molecule is CNC(C)(C)C(=O)N1CCC(C(=O)O)C1C. The molecule has 1 saturated heterocycles. The molecular formula is C11H20N2O3. The molecule has 92 valence electrons. The number of carbonyl (C=O) groups is 2. The van der Waals surface area contributed by atoms with Crippen LogP contribution in [0.1, 0.15) is 27.2 Å². The molecule has 0 saturated carbocycles. The van der Waals surface area contributed by atoms with Gasteiger partial charge in [-0.2, -0.15) is 0 Å². The predicted octanol–water partition coefficient (Wildman–Crippen LogP) is 0.306. The molecule has 1 heterocycles. The van der Waals surface area contributed by atoms with E-state index in [0.29, 0.717) is 13.0 Å². The molecule has 2 N–H and O–H groups in total. The number of carboxylic acids is 1. The van der Waals surface area contributed by atoms with E-state index >= 15 is 0 Å². The van der Waals surface area contributed by atoms with E-state index in [2.05, 4.69) is 5.32 Å². The van der Waals surface area contributed by atoms with Gasteiger partial charge in [-0.25, -0.2) is 0 Å². The number of rotatable bonds is 3. The van der Waals surface area contributed by atoms with Gasteiger partial charge in [-0.3, -0.25) is 9.59 Å². The van der Waals surface area contributed by atoms with E-state index < -0.39 is 17.4 Å². The Morgan fingerprint density at radius 2 is 2.00 bits per heavy atom. The molecule has 5 nitrogen and oxygen atoms in total. The molecular weight excluding hydrogens is 208 g/mol. The Morgan fingerprint density at radius 1 is 1.44 bits per heavy atom. The normalized spacial score (nSPS) is 25.9. The van der Waals surface area contributed by atoms with Gasteiger partial charge in [0.2, 0.25) is 5.91 Å². The maximum atomic E-state index is 12.1. The van der Waals surface area contributed by atoms with Crippen LogP contribution < -0.4 is 5.32 Å². The van der Waals surface area contributed by atoms with Crippen molar-refractivity contribution in [2.24, 2.45) is 5.92 Å². The van der Waals surface area contributed by atoms with Crippen molar-refractivity contribution in [2.75, 3.05) is 13.6 Å². The number of carbonyl (C=O) groups excluding carboxylic acids is 1. The van der Waals surface area contributed by atoms with E-state index in [9.17, 15) is 9.59 Å². The monoisotopic (exact) mass is 228 g/mol. The largest absolute Gasteiger partial charge is 0.481 e. The van der Waals surface area contributed by atoms with E-state index in [-0.39, 0.29) is 11.9 Å². The van der Waals surface area contributed by atoms with Gasteiger partial charge >= 0.3 is 5.97 Å². The number of aliphatic carboxylic acids is 1. The zero-order valence-corrected chi connectivity index (χ0v) is 10.3. The minimum absolute atomic E-state index is 0.0359. The van der Waals surface area contributed by atoms with Gasteiger partial charge in [-0.15, -0.1) is 0 Å². The number of hydrogen-bond acceptors (Lipinski definition) is 3. The number of hydrogen-bond donors (Lipinski definition) is 2. The van der Waals surface area contributed by atoms with Crippen LogP contribution in [0.25, 0.3) is 0 Å². The summed E-state index contributed by atoms with van der Waals surface area (Å²) in [5.41, 5.74) is -0.637. The molecule has 0 aromatic heterocycles. The van der Waals surface area contributed by atoms with Gasteiger partial charge in [0.1, 0.15) is 0 Å². The molecule has 16 heavy (non-hydrogen) atoms. The number of carboxylic acid groups (broad SMARTS) is 1. The molecule has 0 bridgehead atoms. The Labute approximate surface area is 95.8 Å². The molecule has 0 radical (unpaired) electrons. The number of likely N-dealkylation sites (N-methyl/N-ethyl adjacent to an activating group) is 1. The summed E-state index contributed by atoms with van der Waals surface area (Å²) >= 11 is 0. The zero-order valence-electron chi connectivity index (χ0n) is 10.3. The van der Waals surface area contributed by atoms with Crippen LogP contribution >= 0.6 is 0 Å². The fourth-order valence-corrected chi connectivity index (χ4v) is 2.02. The Kier molecular flexibility index (Phi) is 3.57. The molecule has 1 rings (SSSR count). The van der Waals surface area contributed by atoms with Crippen molar-refractivity contribution in [3.8, 4) is 0 Å². The number of nitrogens with one attached hydrogen (secondary N) is 1. The lowest BCUT2D eigenvalue weighted by molar-refractivity contribution is -0.144. The average Bonchev–Trinajstić information content (AvgIpc) is 2.59. The van der Waals surface area contributed by atoms with Crippen molar-refractivity contribution in [3.05, 3.63) is 0 Å². The molecule has 0 spiro atoms. The van der Waals surface area contributed by atoms with Crippen LogP contribution in [0.15, 0.2) is 0 Å². The minimum Gasteiger partial charge on any atom is -0.481 e. The summed E-state index contributed by atoms with van der Waals surface area (Å²) in [4.78, 5) is 24.8. The fourth-order valence-electron chi connectivity index (χ4n) is 2.02. The van der Waals surface area contributed by atoms with E-state index in [4.69, 9.17) is 5.11 Å². The van der Waals surface area contributed by atoms with Crippen molar-refractivity contribution >= 4 is 11.9 Å². The summed E-state index contributed by atoms with van der Waals surface area (Å²) < 4.78 is 0. The highest BCUT2D eigenvalue weighted by molar-refractivity contribution is 5.87. The number of nitrogens with zero attached hydrogens (tertiary/aromatic N) is 1. The van der Waals surface area contributed by atoms with Gasteiger partial charge in [0.25, 0.3) is 0 Å². The highest BCUT2D eigenvalue weighted by Crippen LogP contribution is 2.26. The Hall–Kier alpha value is -1.10.